The largest absolute Gasteiger partial charge is 0.480 e. The van der Waals surface area contributed by atoms with Crippen LogP contribution in [0.1, 0.15) is 33.1 Å². The van der Waals surface area contributed by atoms with Crippen LogP contribution >= 0.6 is 27.7 Å². The van der Waals surface area contributed by atoms with E-state index in [1.54, 1.807) is 18.0 Å². The molecular formula is C14H21BrN2O2S. The Balaban J connectivity index is 2.49. The van der Waals surface area contributed by atoms with Crippen LogP contribution < -0.4 is 5.32 Å². The fourth-order valence-electron chi connectivity index (χ4n) is 2.08. The predicted octanol–water partition coefficient (Wildman–Crippen LogP) is 3.56. The number of nitrogens with one attached hydrogen (secondary N) is 1. The van der Waals surface area contributed by atoms with Gasteiger partial charge in [0.2, 0.25) is 0 Å². The molecule has 0 aliphatic carbocycles. The first-order valence-electron chi connectivity index (χ1n) is 6.77. The first kappa shape index (κ1) is 17.5. The van der Waals surface area contributed by atoms with E-state index in [2.05, 4.69) is 26.2 Å². The zero-order chi connectivity index (χ0) is 15.0. The highest BCUT2D eigenvalue weighted by Crippen LogP contribution is 2.27. The van der Waals surface area contributed by atoms with Crippen molar-refractivity contribution in [1.82, 2.24) is 10.3 Å². The van der Waals surface area contributed by atoms with E-state index in [1.165, 1.54) is 0 Å². The van der Waals surface area contributed by atoms with Crippen molar-refractivity contribution in [2.45, 2.75) is 43.7 Å². The normalized spacial score (nSPS) is 13.9. The van der Waals surface area contributed by atoms with E-state index in [9.17, 15) is 9.90 Å². The van der Waals surface area contributed by atoms with Crippen molar-refractivity contribution >= 4 is 33.7 Å². The minimum Gasteiger partial charge on any atom is -0.480 e. The molecule has 0 saturated heterocycles. The van der Waals surface area contributed by atoms with Crippen LogP contribution in [0, 0.1) is 0 Å². The number of likely N-dealkylation sites (N-methyl/N-ethyl adjacent to an activating group) is 1. The number of carbonyl (C=O) groups is 1. The van der Waals surface area contributed by atoms with Crippen molar-refractivity contribution in [3.63, 3.8) is 0 Å². The minimum absolute atomic E-state index is 0.591. The maximum atomic E-state index is 11.5. The quantitative estimate of drug-likeness (QED) is 0.520. The molecule has 0 aromatic carbocycles. The number of halogens is 1. The molecule has 2 N–H and O–H groups in total. The van der Waals surface area contributed by atoms with Crippen LogP contribution in [-0.4, -0.2) is 33.9 Å². The Kier molecular flexibility index (Phi) is 7.55. The average molecular weight is 361 g/mol. The smallest absolute Gasteiger partial charge is 0.323 e. The Bertz CT molecular complexity index is 445. The highest BCUT2D eigenvalue weighted by Gasteiger charge is 2.34. The Morgan fingerprint density at radius 1 is 1.55 bits per heavy atom. The number of hydrogen-bond donors (Lipinski definition) is 2. The lowest BCUT2D eigenvalue weighted by Gasteiger charge is -2.29. The van der Waals surface area contributed by atoms with Crippen LogP contribution in [-0.2, 0) is 4.79 Å². The van der Waals surface area contributed by atoms with Gasteiger partial charge in [-0.1, -0.05) is 13.8 Å². The van der Waals surface area contributed by atoms with Gasteiger partial charge >= 0.3 is 5.97 Å². The van der Waals surface area contributed by atoms with Gasteiger partial charge in [-0.3, -0.25) is 4.79 Å². The van der Waals surface area contributed by atoms with Gasteiger partial charge in [0.15, 0.2) is 0 Å². The molecule has 0 radical (unpaired) electrons. The molecule has 0 aliphatic rings. The molecule has 1 aromatic rings. The molecule has 1 rings (SSSR count). The third kappa shape index (κ3) is 4.75. The summed E-state index contributed by atoms with van der Waals surface area (Å²) in [7, 11) is 0. The minimum atomic E-state index is -0.795. The van der Waals surface area contributed by atoms with Gasteiger partial charge in [0.05, 0.1) is 0 Å². The molecule has 0 aliphatic heterocycles. The molecular weight excluding hydrogens is 340 g/mol. The van der Waals surface area contributed by atoms with Crippen LogP contribution in [0.25, 0.3) is 0 Å². The van der Waals surface area contributed by atoms with E-state index in [0.717, 1.165) is 21.7 Å². The number of pyridine rings is 1. The van der Waals surface area contributed by atoms with E-state index >= 15 is 0 Å². The summed E-state index contributed by atoms with van der Waals surface area (Å²) in [6.45, 7) is 4.52. The first-order valence-corrected chi connectivity index (χ1v) is 8.55. The summed E-state index contributed by atoms with van der Waals surface area (Å²) >= 11 is 5.11. The van der Waals surface area contributed by atoms with E-state index in [4.69, 9.17) is 0 Å². The maximum Gasteiger partial charge on any atom is 0.323 e. The summed E-state index contributed by atoms with van der Waals surface area (Å²) in [4.78, 5) is 15.8. The zero-order valence-corrected chi connectivity index (χ0v) is 14.3. The van der Waals surface area contributed by atoms with E-state index in [-0.39, 0.29) is 0 Å². The highest BCUT2D eigenvalue weighted by atomic mass is 79.9. The lowest BCUT2D eigenvalue weighted by molar-refractivity contribution is -0.145. The Labute approximate surface area is 132 Å². The maximum absolute atomic E-state index is 11.5. The van der Waals surface area contributed by atoms with Crippen LogP contribution in [0.15, 0.2) is 27.8 Å². The van der Waals surface area contributed by atoms with Gasteiger partial charge in [0.1, 0.15) is 10.6 Å². The van der Waals surface area contributed by atoms with Crippen LogP contribution in [0.4, 0.5) is 0 Å². The molecule has 1 atom stereocenters. The molecule has 112 valence electrons. The van der Waals surface area contributed by atoms with Crippen LogP contribution in [0.3, 0.4) is 0 Å². The Morgan fingerprint density at radius 3 is 2.85 bits per heavy atom. The van der Waals surface area contributed by atoms with Gasteiger partial charge in [0, 0.05) is 10.7 Å². The van der Waals surface area contributed by atoms with Crippen LogP contribution in [0.2, 0.25) is 0 Å². The number of nitrogens with zero attached hydrogens (tertiary/aromatic N) is 1. The third-order valence-corrected chi connectivity index (χ3v) is 5.23. The average Bonchev–Trinajstić information content (AvgIpc) is 2.43. The summed E-state index contributed by atoms with van der Waals surface area (Å²) in [5.74, 6) is 0.0987. The summed E-state index contributed by atoms with van der Waals surface area (Å²) in [6, 6.07) is 3.84. The number of aromatic nitrogens is 1. The fraction of sp³-hybridized carbons (Fsp3) is 0.571. The first-order chi connectivity index (χ1) is 9.55. The van der Waals surface area contributed by atoms with Gasteiger partial charge in [0.25, 0.3) is 0 Å². The molecule has 0 spiro atoms. The molecule has 6 heteroatoms. The van der Waals surface area contributed by atoms with Gasteiger partial charge in [-0.25, -0.2) is 4.98 Å². The molecule has 4 nitrogen and oxygen atoms in total. The number of thioether (sulfide) groups is 1. The summed E-state index contributed by atoms with van der Waals surface area (Å²) < 4.78 is 0.983. The fourth-order valence-corrected chi connectivity index (χ4v) is 3.50. The Morgan fingerprint density at radius 2 is 2.30 bits per heavy atom. The van der Waals surface area contributed by atoms with Crippen LogP contribution in [0.5, 0.6) is 0 Å². The van der Waals surface area contributed by atoms with E-state index < -0.39 is 11.5 Å². The van der Waals surface area contributed by atoms with Crippen molar-refractivity contribution in [3.05, 3.63) is 22.8 Å². The molecule has 0 amide bonds. The summed E-state index contributed by atoms with van der Waals surface area (Å²) in [6.07, 6.45) is 3.82. The van der Waals surface area contributed by atoms with Crippen molar-refractivity contribution < 1.29 is 9.90 Å². The topological polar surface area (TPSA) is 62.2 Å². The molecule has 1 aromatic heterocycles. The molecule has 0 saturated carbocycles. The second-order valence-corrected chi connectivity index (χ2v) is 6.45. The number of rotatable bonds is 9. The predicted molar refractivity (Wildman–Crippen MR) is 86.2 cm³/mol. The second kappa shape index (κ2) is 8.64. The highest BCUT2D eigenvalue weighted by molar-refractivity contribution is 9.10. The lowest BCUT2D eigenvalue weighted by atomic mass is 9.91. The lowest BCUT2D eigenvalue weighted by Crippen LogP contribution is -2.51. The number of carboxylic acid groups (broad SMARTS) is 1. The van der Waals surface area contributed by atoms with E-state index in [0.29, 0.717) is 19.4 Å². The second-order valence-electron chi connectivity index (χ2n) is 4.51. The van der Waals surface area contributed by atoms with Gasteiger partial charge in [-0.15, -0.1) is 11.8 Å². The summed E-state index contributed by atoms with van der Waals surface area (Å²) in [5.41, 5.74) is -0.795. The molecule has 0 bridgehead atoms. The molecule has 20 heavy (non-hydrogen) atoms. The third-order valence-electron chi connectivity index (χ3n) is 3.24. The number of hydrogen-bond acceptors (Lipinski definition) is 4. The zero-order valence-electron chi connectivity index (χ0n) is 11.9. The summed E-state index contributed by atoms with van der Waals surface area (Å²) in [5, 5.41) is 13.5. The van der Waals surface area contributed by atoms with Crippen molar-refractivity contribution in [2.75, 3.05) is 12.3 Å². The number of carboxylic acids is 1. The molecule has 0 fully saturated rings. The SMILES string of the molecule is CCNC(CC)(CCCSc1ncccc1Br)C(=O)O. The molecule has 1 unspecified atom stereocenters. The van der Waals surface area contributed by atoms with E-state index in [1.807, 2.05) is 26.0 Å². The van der Waals surface area contributed by atoms with Crippen molar-refractivity contribution in [3.8, 4) is 0 Å². The monoisotopic (exact) mass is 360 g/mol. The van der Waals surface area contributed by atoms with Crippen molar-refractivity contribution in [1.29, 1.82) is 0 Å². The van der Waals surface area contributed by atoms with Gasteiger partial charge in [-0.2, -0.15) is 0 Å². The van der Waals surface area contributed by atoms with Crippen molar-refractivity contribution in [2.24, 2.45) is 0 Å². The number of aliphatic carboxylic acids is 1. The van der Waals surface area contributed by atoms with Gasteiger partial charge < -0.3 is 10.4 Å². The standard InChI is InChI=1S/C14H21BrN2O2S/c1-3-14(13(18)19,17-4-2)8-6-10-20-12-11(15)7-5-9-16-12/h5,7,9,17H,3-4,6,8,10H2,1-2H3,(H,18,19). The molecule has 1 heterocycles. The van der Waals surface area contributed by atoms with Gasteiger partial charge in [-0.05, 0) is 59.6 Å². The Hall–Kier alpha value is -0.590.